The second-order valence-electron chi connectivity index (χ2n) is 5.88. The molecule has 0 heterocycles. The quantitative estimate of drug-likeness (QED) is 0.642. The van der Waals surface area contributed by atoms with Crippen molar-refractivity contribution in [3.8, 4) is 17.2 Å². The van der Waals surface area contributed by atoms with Gasteiger partial charge < -0.3 is 14.2 Å². The first-order valence-electron chi connectivity index (χ1n) is 8.10. The SMILES string of the molecule is COc1cc(CN(C)S(=O)(=O)c2ccc(C(C)=O)cc2)cc(OC)c1OC. The van der Waals surface area contributed by atoms with Crippen LogP contribution in [0.4, 0.5) is 0 Å². The van der Waals surface area contributed by atoms with Crippen molar-refractivity contribution in [2.24, 2.45) is 0 Å². The van der Waals surface area contributed by atoms with Crippen LogP contribution in [0.2, 0.25) is 0 Å². The largest absolute Gasteiger partial charge is 0.493 e. The Hall–Kier alpha value is -2.58. The number of hydrogen-bond donors (Lipinski definition) is 0. The maximum atomic E-state index is 12.8. The Morgan fingerprint density at radius 3 is 1.89 bits per heavy atom. The van der Waals surface area contributed by atoms with Crippen LogP contribution in [0.1, 0.15) is 22.8 Å². The van der Waals surface area contributed by atoms with Crippen LogP contribution < -0.4 is 14.2 Å². The van der Waals surface area contributed by atoms with Gasteiger partial charge in [-0.25, -0.2) is 8.42 Å². The molecule has 0 aliphatic rings. The predicted octanol–water partition coefficient (Wildman–Crippen LogP) is 2.74. The number of sulfonamides is 1. The molecule has 0 aromatic heterocycles. The fourth-order valence-corrected chi connectivity index (χ4v) is 3.77. The number of ether oxygens (including phenoxy) is 3. The number of ketones is 1. The van der Waals surface area contributed by atoms with Gasteiger partial charge in [-0.3, -0.25) is 4.79 Å². The topological polar surface area (TPSA) is 82.1 Å². The highest BCUT2D eigenvalue weighted by atomic mass is 32.2. The lowest BCUT2D eigenvalue weighted by atomic mass is 10.2. The second kappa shape index (κ2) is 8.41. The average molecular weight is 393 g/mol. The molecule has 0 amide bonds. The Balaban J connectivity index is 2.32. The van der Waals surface area contributed by atoms with E-state index < -0.39 is 10.0 Å². The maximum Gasteiger partial charge on any atom is 0.243 e. The molecule has 0 aliphatic carbocycles. The summed E-state index contributed by atoms with van der Waals surface area (Å²) < 4.78 is 42.7. The molecular weight excluding hydrogens is 370 g/mol. The van der Waals surface area contributed by atoms with Crippen LogP contribution in [0.25, 0.3) is 0 Å². The first-order valence-corrected chi connectivity index (χ1v) is 9.54. The zero-order valence-corrected chi connectivity index (χ0v) is 16.8. The second-order valence-corrected chi connectivity index (χ2v) is 7.92. The van der Waals surface area contributed by atoms with Gasteiger partial charge in [-0.05, 0) is 36.8 Å². The third kappa shape index (κ3) is 4.40. The molecule has 0 aliphatic heterocycles. The van der Waals surface area contributed by atoms with E-state index in [4.69, 9.17) is 14.2 Å². The Kier molecular flexibility index (Phi) is 6.45. The Morgan fingerprint density at radius 2 is 1.48 bits per heavy atom. The first-order chi connectivity index (χ1) is 12.7. The van der Waals surface area contributed by atoms with E-state index in [0.717, 1.165) is 0 Å². The van der Waals surface area contributed by atoms with E-state index in [0.29, 0.717) is 28.4 Å². The minimum atomic E-state index is -3.73. The maximum absolute atomic E-state index is 12.8. The molecule has 0 fully saturated rings. The van der Waals surface area contributed by atoms with Gasteiger partial charge >= 0.3 is 0 Å². The lowest BCUT2D eigenvalue weighted by Crippen LogP contribution is -2.26. The van der Waals surface area contributed by atoms with Gasteiger partial charge in [0.1, 0.15) is 0 Å². The van der Waals surface area contributed by atoms with Gasteiger partial charge in [-0.1, -0.05) is 12.1 Å². The number of benzene rings is 2. The Bertz CT molecular complexity index is 897. The highest BCUT2D eigenvalue weighted by Crippen LogP contribution is 2.38. The van der Waals surface area contributed by atoms with Crippen molar-refractivity contribution in [3.05, 3.63) is 47.5 Å². The van der Waals surface area contributed by atoms with E-state index in [1.54, 1.807) is 12.1 Å². The lowest BCUT2D eigenvalue weighted by Gasteiger charge is -2.19. The van der Waals surface area contributed by atoms with Gasteiger partial charge in [-0.2, -0.15) is 4.31 Å². The summed E-state index contributed by atoms with van der Waals surface area (Å²) in [5, 5.41) is 0. The molecule has 0 radical (unpaired) electrons. The van der Waals surface area contributed by atoms with Gasteiger partial charge in [0.05, 0.1) is 26.2 Å². The van der Waals surface area contributed by atoms with Crippen LogP contribution in [0.15, 0.2) is 41.3 Å². The number of methoxy groups -OCH3 is 3. The molecule has 146 valence electrons. The summed E-state index contributed by atoms with van der Waals surface area (Å²) in [6, 6.07) is 9.26. The fourth-order valence-electron chi connectivity index (χ4n) is 2.61. The van der Waals surface area contributed by atoms with Crippen molar-refractivity contribution in [1.29, 1.82) is 0 Å². The molecule has 8 heteroatoms. The Morgan fingerprint density at radius 1 is 0.963 bits per heavy atom. The summed E-state index contributed by atoms with van der Waals surface area (Å²) in [6.45, 7) is 1.54. The first kappa shape index (κ1) is 20.7. The number of rotatable bonds is 8. The molecule has 2 rings (SSSR count). The molecule has 7 nitrogen and oxygen atoms in total. The molecule has 0 spiro atoms. The van der Waals surface area contributed by atoms with E-state index in [9.17, 15) is 13.2 Å². The van der Waals surface area contributed by atoms with Crippen LogP contribution in [-0.4, -0.2) is 46.9 Å². The highest BCUT2D eigenvalue weighted by Gasteiger charge is 2.22. The molecule has 0 saturated heterocycles. The van der Waals surface area contributed by atoms with Crippen molar-refractivity contribution in [1.82, 2.24) is 4.31 Å². The van der Waals surface area contributed by atoms with Crippen molar-refractivity contribution in [2.75, 3.05) is 28.4 Å². The molecule has 0 atom stereocenters. The van der Waals surface area contributed by atoms with Crippen LogP contribution in [0.3, 0.4) is 0 Å². The third-order valence-corrected chi connectivity index (χ3v) is 5.92. The molecule has 2 aromatic carbocycles. The molecule has 0 saturated carbocycles. The molecule has 2 aromatic rings. The van der Waals surface area contributed by atoms with Gasteiger partial charge in [0, 0.05) is 19.2 Å². The third-order valence-electron chi connectivity index (χ3n) is 4.10. The van der Waals surface area contributed by atoms with Crippen LogP contribution in [0, 0.1) is 0 Å². The van der Waals surface area contributed by atoms with Gasteiger partial charge in [0.2, 0.25) is 15.8 Å². The van der Waals surface area contributed by atoms with E-state index in [-0.39, 0.29) is 17.2 Å². The van der Waals surface area contributed by atoms with Gasteiger partial charge in [0.25, 0.3) is 0 Å². The number of Topliss-reactive ketones (excluding diaryl/α,β-unsaturated/α-hetero) is 1. The predicted molar refractivity (Wildman–Crippen MR) is 101 cm³/mol. The number of carbonyl (C=O) groups excluding carboxylic acids is 1. The van der Waals surface area contributed by atoms with Gasteiger partial charge in [0.15, 0.2) is 17.3 Å². The summed E-state index contributed by atoms with van der Waals surface area (Å²) in [4.78, 5) is 11.5. The van der Waals surface area contributed by atoms with Crippen molar-refractivity contribution in [2.45, 2.75) is 18.4 Å². The monoisotopic (exact) mass is 393 g/mol. The zero-order chi connectivity index (χ0) is 20.2. The molecule has 0 bridgehead atoms. The van der Waals surface area contributed by atoms with Crippen LogP contribution in [-0.2, 0) is 16.6 Å². The average Bonchev–Trinajstić information content (AvgIpc) is 2.66. The summed E-state index contributed by atoms with van der Waals surface area (Å²) in [5.74, 6) is 1.21. The standard InChI is InChI=1S/C19H23NO6S/c1-13(21)15-6-8-16(9-7-15)27(22,23)20(2)12-14-10-17(24-3)19(26-5)18(11-14)25-4/h6-11H,12H2,1-5H3. The summed E-state index contributed by atoms with van der Waals surface area (Å²) in [7, 11) is 2.26. The highest BCUT2D eigenvalue weighted by molar-refractivity contribution is 7.89. The van der Waals surface area contributed by atoms with E-state index in [1.165, 1.54) is 63.9 Å². The molecule has 0 N–H and O–H groups in total. The normalized spacial score (nSPS) is 11.3. The van der Waals surface area contributed by atoms with Crippen molar-refractivity contribution >= 4 is 15.8 Å². The van der Waals surface area contributed by atoms with Gasteiger partial charge in [-0.15, -0.1) is 0 Å². The summed E-state index contributed by atoms with van der Waals surface area (Å²) in [6.07, 6.45) is 0. The van der Waals surface area contributed by atoms with Crippen molar-refractivity contribution < 1.29 is 27.4 Å². The Labute approximate surface area is 159 Å². The molecular formula is C19H23NO6S. The minimum Gasteiger partial charge on any atom is -0.493 e. The number of carbonyl (C=O) groups is 1. The lowest BCUT2D eigenvalue weighted by molar-refractivity contribution is 0.101. The van der Waals surface area contributed by atoms with Crippen LogP contribution >= 0.6 is 0 Å². The minimum absolute atomic E-state index is 0.105. The van der Waals surface area contributed by atoms with Crippen LogP contribution in [0.5, 0.6) is 17.2 Å². The number of hydrogen-bond acceptors (Lipinski definition) is 6. The summed E-state index contributed by atoms with van der Waals surface area (Å²) >= 11 is 0. The zero-order valence-electron chi connectivity index (χ0n) is 16.0. The summed E-state index contributed by atoms with van der Waals surface area (Å²) in [5.41, 5.74) is 1.14. The molecule has 27 heavy (non-hydrogen) atoms. The van der Waals surface area contributed by atoms with E-state index >= 15 is 0 Å². The van der Waals surface area contributed by atoms with E-state index in [1.807, 2.05) is 0 Å². The smallest absolute Gasteiger partial charge is 0.243 e. The number of nitrogens with zero attached hydrogens (tertiary/aromatic N) is 1. The molecule has 0 unspecified atom stereocenters. The van der Waals surface area contributed by atoms with E-state index in [2.05, 4.69) is 0 Å². The fraction of sp³-hybridized carbons (Fsp3) is 0.316. The van der Waals surface area contributed by atoms with Crippen molar-refractivity contribution in [3.63, 3.8) is 0 Å².